The number of ether oxygens (including phenoxy) is 1. The molecule has 0 aromatic heterocycles. The normalized spacial score (nSPS) is 13.1. The van der Waals surface area contributed by atoms with Crippen LogP contribution in [-0.4, -0.2) is 56.5 Å². The van der Waals surface area contributed by atoms with Crippen LogP contribution in [0.1, 0.15) is 0 Å². The molecule has 0 saturated carbocycles. The summed E-state index contributed by atoms with van der Waals surface area (Å²) in [6.45, 7) is -0.717. The number of carbonyl (C=O) groups is 2. The number of methoxy groups -OCH3 is 1. The molecule has 3 N–H and O–H groups in total. The van der Waals surface area contributed by atoms with Gasteiger partial charge < -0.3 is 20.5 Å². The van der Waals surface area contributed by atoms with Crippen molar-refractivity contribution in [3.8, 4) is 0 Å². The summed E-state index contributed by atoms with van der Waals surface area (Å²) in [5.74, 6) is -5.03. The summed E-state index contributed by atoms with van der Waals surface area (Å²) >= 11 is 0. The van der Waals surface area contributed by atoms with Gasteiger partial charge in [0.15, 0.2) is 5.92 Å². The predicted molar refractivity (Wildman–Crippen MR) is 54.9 cm³/mol. The summed E-state index contributed by atoms with van der Waals surface area (Å²) < 4.78 is 41.3. The first-order valence-corrected chi connectivity index (χ1v) is 5.05. The molecular weight excluding hydrogens is 257 g/mol. The van der Waals surface area contributed by atoms with Crippen molar-refractivity contribution in [1.29, 1.82) is 0 Å². The Kier molecular flexibility index (Phi) is 7.29. The van der Waals surface area contributed by atoms with Crippen molar-refractivity contribution in [2.45, 2.75) is 6.18 Å². The van der Waals surface area contributed by atoms with Crippen LogP contribution in [0.5, 0.6) is 0 Å². The van der Waals surface area contributed by atoms with Crippen molar-refractivity contribution in [2.75, 3.05) is 33.4 Å². The molecule has 0 aliphatic heterocycles. The number of amides is 1. The van der Waals surface area contributed by atoms with Crippen molar-refractivity contribution in [3.63, 3.8) is 0 Å². The molecule has 0 aromatic carbocycles. The number of halogens is 3. The van der Waals surface area contributed by atoms with Gasteiger partial charge in [-0.15, -0.1) is 0 Å². The fraction of sp³-hybridized carbons (Fsp3) is 0.778. The van der Waals surface area contributed by atoms with Gasteiger partial charge in [-0.05, 0) is 0 Å². The maximum Gasteiger partial charge on any atom is 0.403 e. The first-order chi connectivity index (χ1) is 8.29. The number of rotatable bonds is 8. The van der Waals surface area contributed by atoms with Crippen LogP contribution in [0.4, 0.5) is 13.2 Å². The van der Waals surface area contributed by atoms with Gasteiger partial charge in [0.1, 0.15) is 0 Å². The lowest BCUT2D eigenvalue weighted by Gasteiger charge is -2.16. The number of hydrogen-bond acceptors (Lipinski definition) is 4. The molecule has 0 fully saturated rings. The van der Waals surface area contributed by atoms with Gasteiger partial charge >= 0.3 is 12.1 Å². The highest BCUT2D eigenvalue weighted by atomic mass is 19.4. The Hall–Kier alpha value is -1.35. The molecule has 18 heavy (non-hydrogen) atoms. The third-order valence-electron chi connectivity index (χ3n) is 1.96. The van der Waals surface area contributed by atoms with Crippen molar-refractivity contribution >= 4 is 11.9 Å². The van der Waals surface area contributed by atoms with Crippen molar-refractivity contribution in [2.24, 2.45) is 5.92 Å². The molecule has 0 saturated heterocycles. The maximum absolute atomic E-state index is 12.2. The highest BCUT2D eigenvalue weighted by Crippen LogP contribution is 2.25. The van der Waals surface area contributed by atoms with Gasteiger partial charge in [-0.25, -0.2) is 0 Å². The van der Waals surface area contributed by atoms with Crippen LogP contribution in [0.2, 0.25) is 0 Å². The van der Waals surface area contributed by atoms with Gasteiger partial charge in [-0.3, -0.25) is 9.59 Å². The number of carbonyl (C=O) groups excluding carboxylic acids is 1. The van der Waals surface area contributed by atoms with Crippen LogP contribution in [0, 0.1) is 5.92 Å². The van der Waals surface area contributed by atoms with Crippen LogP contribution >= 0.6 is 0 Å². The van der Waals surface area contributed by atoms with E-state index in [1.807, 2.05) is 0 Å². The quantitative estimate of drug-likeness (QED) is 0.523. The number of carboxylic acids is 1. The molecule has 0 aliphatic carbocycles. The second-order valence-electron chi connectivity index (χ2n) is 3.41. The van der Waals surface area contributed by atoms with E-state index in [9.17, 15) is 22.8 Å². The monoisotopic (exact) mass is 272 g/mol. The fourth-order valence-electron chi connectivity index (χ4n) is 1.03. The first-order valence-electron chi connectivity index (χ1n) is 5.05. The topological polar surface area (TPSA) is 87.7 Å². The van der Waals surface area contributed by atoms with Gasteiger partial charge in [-0.2, -0.15) is 13.2 Å². The Balaban J connectivity index is 3.93. The molecule has 0 bridgehead atoms. The van der Waals surface area contributed by atoms with Gasteiger partial charge in [0.2, 0.25) is 5.91 Å². The molecule has 0 radical (unpaired) electrons. The summed E-state index contributed by atoms with van der Waals surface area (Å²) in [6, 6.07) is 0. The van der Waals surface area contributed by atoms with Crippen LogP contribution in [0.15, 0.2) is 0 Å². The third-order valence-corrected chi connectivity index (χ3v) is 1.96. The minimum atomic E-state index is -4.84. The molecule has 0 aliphatic rings. The smallest absolute Gasteiger partial charge is 0.403 e. The summed E-state index contributed by atoms with van der Waals surface area (Å²) in [5.41, 5.74) is 0. The minimum Gasteiger partial charge on any atom is -0.481 e. The number of alkyl halides is 3. The predicted octanol–water partition coefficient (Wildman–Crippen LogP) is -0.398. The molecule has 106 valence electrons. The van der Waals surface area contributed by atoms with Crippen molar-refractivity contribution in [1.82, 2.24) is 10.6 Å². The van der Waals surface area contributed by atoms with E-state index in [0.717, 1.165) is 0 Å². The highest BCUT2D eigenvalue weighted by Gasteiger charge is 2.44. The summed E-state index contributed by atoms with van der Waals surface area (Å²) in [6.07, 6.45) is -4.84. The molecular formula is C9H15F3N2O4. The summed E-state index contributed by atoms with van der Waals surface area (Å²) in [7, 11) is 1.44. The van der Waals surface area contributed by atoms with E-state index in [1.54, 1.807) is 0 Å². The molecule has 0 spiro atoms. The second-order valence-corrected chi connectivity index (χ2v) is 3.41. The van der Waals surface area contributed by atoms with Gasteiger partial charge in [0, 0.05) is 20.2 Å². The molecule has 0 heterocycles. The van der Waals surface area contributed by atoms with E-state index >= 15 is 0 Å². The largest absolute Gasteiger partial charge is 0.481 e. The Bertz CT molecular complexity index is 283. The zero-order chi connectivity index (χ0) is 14.2. The zero-order valence-corrected chi connectivity index (χ0v) is 9.71. The molecule has 6 nitrogen and oxygen atoms in total. The number of carboxylic acid groups (broad SMARTS) is 1. The lowest BCUT2D eigenvalue weighted by molar-refractivity contribution is -0.192. The van der Waals surface area contributed by atoms with Crippen LogP contribution < -0.4 is 10.6 Å². The van der Waals surface area contributed by atoms with Crippen molar-refractivity contribution in [3.05, 3.63) is 0 Å². The van der Waals surface area contributed by atoms with E-state index in [-0.39, 0.29) is 19.7 Å². The molecule has 0 aromatic rings. The SMILES string of the molecule is COCCNC(=O)CNCC(C(=O)O)C(F)(F)F. The lowest BCUT2D eigenvalue weighted by atomic mass is 10.1. The van der Waals surface area contributed by atoms with E-state index in [0.29, 0.717) is 0 Å². The highest BCUT2D eigenvalue weighted by molar-refractivity contribution is 5.78. The Morgan fingerprint density at radius 3 is 2.44 bits per heavy atom. The van der Waals surface area contributed by atoms with Crippen LogP contribution in [0.3, 0.4) is 0 Å². The summed E-state index contributed by atoms with van der Waals surface area (Å²) in [4.78, 5) is 21.4. The first kappa shape index (κ1) is 16.6. The Morgan fingerprint density at radius 1 is 1.39 bits per heavy atom. The van der Waals surface area contributed by atoms with Crippen LogP contribution in [0.25, 0.3) is 0 Å². The van der Waals surface area contributed by atoms with Gasteiger partial charge in [0.25, 0.3) is 0 Å². The molecule has 1 atom stereocenters. The average Bonchev–Trinajstić information content (AvgIpc) is 2.22. The standard InChI is InChI=1S/C9H15F3N2O4/c1-18-3-2-14-7(15)5-13-4-6(8(16)17)9(10,11)12/h6,13H,2-5H2,1H3,(H,14,15)(H,16,17). The molecule has 1 amide bonds. The van der Waals surface area contributed by atoms with Crippen molar-refractivity contribution < 1.29 is 32.6 Å². The van der Waals surface area contributed by atoms with E-state index < -0.39 is 30.5 Å². The Morgan fingerprint density at radius 2 is 2.00 bits per heavy atom. The average molecular weight is 272 g/mol. The molecule has 0 rings (SSSR count). The lowest BCUT2D eigenvalue weighted by Crippen LogP contribution is -2.43. The maximum atomic E-state index is 12.2. The third kappa shape index (κ3) is 7.07. The minimum absolute atomic E-state index is 0.235. The fourth-order valence-corrected chi connectivity index (χ4v) is 1.03. The van der Waals surface area contributed by atoms with Crippen LogP contribution in [-0.2, 0) is 14.3 Å². The van der Waals surface area contributed by atoms with Gasteiger partial charge in [0.05, 0.1) is 13.2 Å². The number of aliphatic carboxylic acids is 1. The molecule has 1 unspecified atom stereocenters. The molecule has 9 heteroatoms. The van der Waals surface area contributed by atoms with E-state index in [1.165, 1.54) is 7.11 Å². The second kappa shape index (κ2) is 7.88. The van der Waals surface area contributed by atoms with Gasteiger partial charge in [-0.1, -0.05) is 0 Å². The zero-order valence-electron chi connectivity index (χ0n) is 9.71. The number of hydrogen-bond donors (Lipinski definition) is 3. The number of nitrogens with one attached hydrogen (secondary N) is 2. The van der Waals surface area contributed by atoms with E-state index in [4.69, 9.17) is 5.11 Å². The van der Waals surface area contributed by atoms with E-state index in [2.05, 4.69) is 15.4 Å². The Labute approximate surface area is 101 Å². The summed E-state index contributed by atoms with van der Waals surface area (Å²) in [5, 5.41) is 12.9.